The normalized spacial score (nSPS) is 27.7. The minimum atomic E-state index is -0.767. The molecule has 2 rings (SSSR count). The highest BCUT2D eigenvalue weighted by Gasteiger charge is 2.39. The molecule has 1 aliphatic carbocycles. The molecule has 1 heterocycles. The fourth-order valence-electron chi connectivity index (χ4n) is 2.32. The van der Waals surface area contributed by atoms with Crippen LogP contribution < -0.4 is 10.6 Å². The predicted octanol–water partition coefficient (Wildman–Crippen LogP) is -1.97. The minimum absolute atomic E-state index is 0.114. The number of carbonyl (C=O) groups is 2. The predicted molar refractivity (Wildman–Crippen MR) is 71.0 cm³/mol. The zero-order chi connectivity index (χ0) is 15.2. The average Bonchev–Trinajstić information content (AvgIpc) is 2.94. The SMILES string of the molecule is O=C(CCNC(=O)C1=CC2OCOC2C(O)C1)NCCO. The molecular formula is C13H20N2O6. The first kappa shape index (κ1) is 15.9. The number of aliphatic hydroxyl groups excluding tert-OH is 2. The van der Waals surface area contributed by atoms with Gasteiger partial charge in [0.25, 0.3) is 0 Å². The number of nitrogens with one attached hydrogen (secondary N) is 2. The summed E-state index contributed by atoms with van der Waals surface area (Å²) in [6.45, 7) is 0.385. The van der Waals surface area contributed by atoms with E-state index in [0.29, 0.717) is 5.57 Å². The van der Waals surface area contributed by atoms with E-state index in [2.05, 4.69) is 10.6 Å². The Morgan fingerprint density at radius 3 is 2.86 bits per heavy atom. The maximum Gasteiger partial charge on any atom is 0.247 e. The van der Waals surface area contributed by atoms with Crippen molar-refractivity contribution in [3.8, 4) is 0 Å². The van der Waals surface area contributed by atoms with Crippen LogP contribution in [0.3, 0.4) is 0 Å². The van der Waals surface area contributed by atoms with Crippen LogP contribution in [-0.2, 0) is 19.1 Å². The van der Waals surface area contributed by atoms with Crippen LogP contribution in [0.4, 0.5) is 0 Å². The Morgan fingerprint density at radius 2 is 2.10 bits per heavy atom. The zero-order valence-electron chi connectivity index (χ0n) is 11.6. The molecule has 1 aliphatic heterocycles. The molecule has 0 aromatic carbocycles. The maximum absolute atomic E-state index is 12.0. The quantitative estimate of drug-likeness (QED) is 0.452. The Labute approximate surface area is 122 Å². The molecular weight excluding hydrogens is 280 g/mol. The lowest BCUT2D eigenvalue weighted by Gasteiger charge is -2.26. The van der Waals surface area contributed by atoms with Gasteiger partial charge in [0, 0.05) is 31.5 Å². The van der Waals surface area contributed by atoms with Gasteiger partial charge >= 0.3 is 0 Å². The summed E-state index contributed by atoms with van der Waals surface area (Å²) in [5, 5.41) is 23.6. The van der Waals surface area contributed by atoms with Gasteiger partial charge in [0.15, 0.2) is 0 Å². The number of hydrogen-bond donors (Lipinski definition) is 4. The van der Waals surface area contributed by atoms with Crippen LogP contribution >= 0.6 is 0 Å². The van der Waals surface area contributed by atoms with E-state index in [-0.39, 0.29) is 51.1 Å². The number of carbonyl (C=O) groups excluding carboxylic acids is 2. The van der Waals surface area contributed by atoms with E-state index in [1.807, 2.05) is 0 Å². The summed E-state index contributed by atoms with van der Waals surface area (Å²) in [7, 11) is 0. The van der Waals surface area contributed by atoms with Crippen LogP contribution in [-0.4, -0.2) is 66.8 Å². The number of ether oxygens (including phenoxy) is 2. The molecule has 8 heteroatoms. The van der Waals surface area contributed by atoms with E-state index >= 15 is 0 Å². The molecule has 2 amide bonds. The van der Waals surface area contributed by atoms with Crippen molar-refractivity contribution in [1.29, 1.82) is 0 Å². The third kappa shape index (κ3) is 4.24. The third-order valence-corrected chi connectivity index (χ3v) is 3.38. The fourth-order valence-corrected chi connectivity index (χ4v) is 2.32. The first-order chi connectivity index (χ1) is 10.1. The van der Waals surface area contributed by atoms with Gasteiger partial charge in [0.1, 0.15) is 19.0 Å². The summed E-state index contributed by atoms with van der Waals surface area (Å²) in [6, 6.07) is 0. The summed E-state index contributed by atoms with van der Waals surface area (Å²) in [5.41, 5.74) is 0.435. The average molecular weight is 300 g/mol. The Kier molecular flexibility index (Phi) is 5.68. The monoisotopic (exact) mass is 300 g/mol. The molecule has 8 nitrogen and oxygen atoms in total. The van der Waals surface area contributed by atoms with Crippen LogP contribution in [0, 0.1) is 0 Å². The molecule has 0 bridgehead atoms. The van der Waals surface area contributed by atoms with Crippen molar-refractivity contribution in [1.82, 2.24) is 10.6 Å². The minimum Gasteiger partial charge on any atom is -0.395 e. The molecule has 0 aromatic heterocycles. The lowest BCUT2D eigenvalue weighted by molar-refractivity contribution is -0.121. The van der Waals surface area contributed by atoms with Gasteiger partial charge in [0.2, 0.25) is 11.8 Å². The lowest BCUT2D eigenvalue weighted by atomic mass is 9.92. The lowest BCUT2D eigenvalue weighted by Crippen LogP contribution is -2.41. The smallest absolute Gasteiger partial charge is 0.247 e. The molecule has 3 unspecified atom stereocenters. The maximum atomic E-state index is 12.0. The number of aliphatic hydroxyl groups is 2. The number of fused-ring (bicyclic) bond motifs is 1. The van der Waals surface area contributed by atoms with E-state index in [1.54, 1.807) is 6.08 Å². The molecule has 4 N–H and O–H groups in total. The molecule has 118 valence electrons. The van der Waals surface area contributed by atoms with Gasteiger partial charge in [-0.3, -0.25) is 9.59 Å². The first-order valence-electron chi connectivity index (χ1n) is 6.89. The molecule has 2 aliphatic rings. The van der Waals surface area contributed by atoms with E-state index in [9.17, 15) is 14.7 Å². The standard InChI is InChI=1S/C13H20N2O6/c16-4-3-14-11(18)1-2-15-13(19)8-5-9(17)12-10(6-8)20-7-21-12/h6,9-10,12,16-17H,1-5,7H2,(H,14,18)(H,15,19). The number of amides is 2. The molecule has 21 heavy (non-hydrogen) atoms. The van der Waals surface area contributed by atoms with Crippen molar-refractivity contribution < 1.29 is 29.3 Å². The second-order valence-electron chi connectivity index (χ2n) is 4.92. The highest BCUT2D eigenvalue weighted by atomic mass is 16.7. The van der Waals surface area contributed by atoms with E-state index in [4.69, 9.17) is 14.6 Å². The molecule has 0 spiro atoms. The van der Waals surface area contributed by atoms with Gasteiger partial charge in [-0.05, 0) is 6.08 Å². The van der Waals surface area contributed by atoms with Gasteiger partial charge in [0.05, 0.1) is 12.7 Å². The Balaban J connectivity index is 1.77. The Hall–Kier alpha value is -1.48. The van der Waals surface area contributed by atoms with Gasteiger partial charge < -0.3 is 30.3 Å². The van der Waals surface area contributed by atoms with Crippen LogP contribution in [0.5, 0.6) is 0 Å². The Morgan fingerprint density at radius 1 is 1.29 bits per heavy atom. The molecule has 0 radical (unpaired) electrons. The van der Waals surface area contributed by atoms with Crippen molar-refractivity contribution in [2.75, 3.05) is 26.5 Å². The molecule has 3 atom stereocenters. The summed E-state index contributed by atoms with van der Waals surface area (Å²) in [6.07, 6.45) is 0.413. The van der Waals surface area contributed by atoms with Gasteiger partial charge in [-0.25, -0.2) is 0 Å². The number of rotatable bonds is 6. The van der Waals surface area contributed by atoms with E-state index < -0.39 is 18.3 Å². The second-order valence-corrected chi connectivity index (χ2v) is 4.92. The number of hydrogen-bond acceptors (Lipinski definition) is 6. The van der Waals surface area contributed by atoms with Gasteiger partial charge in [-0.2, -0.15) is 0 Å². The zero-order valence-corrected chi connectivity index (χ0v) is 11.6. The van der Waals surface area contributed by atoms with Crippen LogP contribution in [0.25, 0.3) is 0 Å². The van der Waals surface area contributed by atoms with Crippen molar-refractivity contribution in [2.45, 2.75) is 31.2 Å². The topological polar surface area (TPSA) is 117 Å². The Bertz CT molecular complexity index is 425. The molecule has 0 aromatic rings. The van der Waals surface area contributed by atoms with Crippen molar-refractivity contribution in [2.24, 2.45) is 0 Å². The molecule has 0 saturated carbocycles. The van der Waals surface area contributed by atoms with Crippen molar-refractivity contribution in [3.05, 3.63) is 11.6 Å². The summed E-state index contributed by atoms with van der Waals surface area (Å²) in [5.74, 6) is -0.562. The summed E-state index contributed by atoms with van der Waals surface area (Å²) >= 11 is 0. The van der Waals surface area contributed by atoms with Crippen molar-refractivity contribution >= 4 is 11.8 Å². The fraction of sp³-hybridized carbons (Fsp3) is 0.692. The van der Waals surface area contributed by atoms with Crippen LogP contribution in [0.2, 0.25) is 0 Å². The molecule has 1 fully saturated rings. The largest absolute Gasteiger partial charge is 0.395 e. The highest BCUT2D eigenvalue weighted by molar-refractivity contribution is 5.94. The molecule has 1 saturated heterocycles. The van der Waals surface area contributed by atoms with Crippen molar-refractivity contribution in [3.63, 3.8) is 0 Å². The van der Waals surface area contributed by atoms with Gasteiger partial charge in [-0.1, -0.05) is 0 Å². The first-order valence-corrected chi connectivity index (χ1v) is 6.89. The van der Waals surface area contributed by atoms with Crippen LogP contribution in [0.15, 0.2) is 11.6 Å². The highest BCUT2D eigenvalue weighted by Crippen LogP contribution is 2.27. The van der Waals surface area contributed by atoms with E-state index in [0.717, 1.165) is 0 Å². The summed E-state index contributed by atoms with van der Waals surface area (Å²) < 4.78 is 10.5. The van der Waals surface area contributed by atoms with Gasteiger partial charge in [-0.15, -0.1) is 0 Å². The van der Waals surface area contributed by atoms with Crippen LogP contribution in [0.1, 0.15) is 12.8 Å². The van der Waals surface area contributed by atoms with E-state index in [1.165, 1.54) is 0 Å². The third-order valence-electron chi connectivity index (χ3n) is 3.38. The summed E-state index contributed by atoms with van der Waals surface area (Å²) in [4.78, 5) is 23.3. The second kappa shape index (κ2) is 7.51.